The molecule has 1 aromatic rings. The molecule has 0 aliphatic heterocycles. The fourth-order valence-corrected chi connectivity index (χ4v) is 2.56. The minimum atomic E-state index is -3.22. The molecular weight excluding hydrogens is 304 g/mol. The van der Waals surface area contributed by atoms with Gasteiger partial charge in [0.05, 0.1) is 12.3 Å². The molecule has 22 heavy (non-hydrogen) atoms. The van der Waals surface area contributed by atoms with Gasteiger partial charge in [0, 0.05) is 18.7 Å². The van der Waals surface area contributed by atoms with Crippen molar-refractivity contribution < 1.29 is 17.9 Å². The number of hydrogen-bond acceptors (Lipinski definition) is 4. The standard InChI is InChI=1S/C15H20N2O4S/c1-3-11-22(19,20)16-9-4-5-10-21-15-8-6-7-14(12-15)17-13(2)18/h6-8,12,16H,3,9-11H2,1-2H3,(H,17,18). The van der Waals surface area contributed by atoms with E-state index < -0.39 is 10.0 Å². The molecule has 0 atom stereocenters. The van der Waals surface area contributed by atoms with Gasteiger partial charge in [-0.15, -0.1) is 0 Å². The van der Waals surface area contributed by atoms with Crippen molar-refractivity contribution in [3.63, 3.8) is 0 Å². The van der Waals surface area contributed by atoms with Crippen LogP contribution in [0.25, 0.3) is 0 Å². The van der Waals surface area contributed by atoms with E-state index in [1.165, 1.54) is 6.92 Å². The highest BCUT2D eigenvalue weighted by molar-refractivity contribution is 7.89. The quantitative estimate of drug-likeness (QED) is 0.742. The van der Waals surface area contributed by atoms with E-state index >= 15 is 0 Å². The molecule has 0 radical (unpaired) electrons. The molecule has 0 aliphatic carbocycles. The zero-order valence-electron chi connectivity index (χ0n) is 12.7. The number of carbonyl (C=O) groups excluding carboxylic acids is 1. The fourth-order valence-electron chi connectivity index (χ4n) is 1.59. The average Bonchev–Trinajstić information content (AvgIpc) is 2.42. The molecule has 0 heterocycles. The van der Waals surface area contributed by atoms with Crippen LogP contribution in [0.1, 0.15) is 20.3 Å². The minimum Gasteiger partial charge on any atom is -0.481 e. The molecule has 7 heteroatoms. The molecule has 1 rings (SSSR count). The molecule has 1 aromatic carbocycles. The summed E-state index contributed by atoms with van der Waals surface area (Å²) in [6, 6.07) is 6.94. The number of ether oxygens (including phenoxy) is 1. The Morgan fingerprint density at radius 3 is 2.77 bits per heavy atom. The molecule has 2 N–H and O–H groups in total. The Bertz CT molecular complexity index is 660. The third-order valence-corrected chi connectivity index (χ3v) is 3.97. The topological polar surface area (TPSA) is 84.5 Å². The monoisotopic (exact) mass is 324 g/mol. The maximum absolute atomic E-state index is 11.4. The van der Waals surface area contributed by atoms with Crippen LogP contribution in [0.3, 0.4) is 0 Å². The number of carbonyl (C=O) groups is 1. The predicted molar refractivity (Wildman–Crippen MR) is 86.1 cm³/mol. The molecule has 0 saturated heterocycles. The lowest BCUT2D eigenvalue weighted by molar-refractivity contribution is -0.114. The number of nitrogens with one attached hydrogen (secondary N) is 2. The van der Waals surface area contributed by atoms with Crippen molar-refractivity contribution in [1.29, 1.82) is 0 Å². The maximum Gasteiger partial charge on any atom is 0.221 e. The van der Waals surface area contributed by atoms with E-state index in [-0.39, 0.29) is 24.8 Å². The summed E-state index contributed by atoms with van der Waals surface area (Å²) in [6.45, 7) is 3.43. The van der Waals surface area contributed by atoms with Crippen LogP contribution in [0.15, 0.2) is 24.3 Å². The molecule has 0 unspecified atom stereocenters. The maximum atomic E-state index is 11.4. The number of anilines is 1. The second-order valence-electron chi connectivity index (χ2n) is 4.49. The first-order valence-corrected chi connectivity index (χ1v) is 8.51. The van der Waals surface area contributed by atoms with E-state index in [1.807, 2.05) is 0 Å². The lowest BCUT2D eigenvalue weighted by Crippen LogP contribution is -2.26. The van der Waals surface area contributed by atoms with E-state index in [0.29, 0.717) is 17.9 Å². The van der Waals surface area contributed by atoms with Crippen LogP contribution in [0.5, 0.6) is 5.75 Å². The van der Waals surface area contributed by atoms with E-state index in [1.54, 1.807) is 31.2 Å². The van der Waals surface area contributed by atoms with Crippen molar-refractivity contribution in [3.05, 3.63) is 24.3 Å². The van der Waals surface area contributed by atoms with E-state index in [9.17, 15) is 13.2 Å². The van der Waals surface area contributed by atoms with Gasteiger partial charge in [-0.05, 0) is 18.6 Å². The summed E-state index contributed by atoms with van der Waals surface area (Å²) in [5.41, 5.74) is 0.644. The van der Waals surface area contributed by atoms with Gasteiger partial charge in [-0.2, -0.15) is 0 Å². The third-order valence-electron chi connectivity index (χ3n) is 2.44. The number of amides is 1. The van der Waals surface area contributed by atoms with Gasteiger partial charge in [0.2, 0.25) is 15.9 Å². The van der Waals surface area contributed by atoms with Gasteiger partial charge in [0.15, 0.2) is 0 Å². The Labute approximate surface area is 131 Å². The minimum absolute atomic E-state index is 0.0671. The third kappa shape index (κ3) is 7.67. The highest BCUT2D eigenvalue weighted by Gasteiger charge is 2.05. The normalized spacial score (nSPS) is 10.5. The molecule has 120 valence electrons. The van der Waals surface area contributed by atoms with Crippen LogP contribution < -0.4 is 14.8 Å². The zero-order valence-corrected chi connectivity index (χ0v) is 13.5. The molecular formula is C15H20N2O4S. The SMILES string of the molecule is CCCS(=O)(=O)NCC#CCOc1cccc(NC(C)=O)c1. The highest BCUT2D eigenvalue weighted by Crippen LogP contribution is 2.16. The van der Waals surface area contributed by atoms with Gasteiger partial charge < -0.3 is 10.1 Å². The van der Waals surface area contributed by atoms with Gasteiger partial charge in [0.25, 0.3) is 0 Å². The number of rotatable bonds is 7. The van der Waals surface area contributed by atoms with Gasteiger partial charge in [-0.25, -0.2) is 13.1 Å². The van der Waals surface area contributed by atoms with Crippen LogP contribution in [-0.4, -0.2) is 33.2 Å². The molecule has 0 aliphatic rings. The largest absolute Gasteiger partial charge is 0.481 e. The van der Waals surface area contributed by atoms with Crippen molar-refractivity contribution >= 4 is 21.6 Å². The fraction of sp³-hybridized carbons (Fsp3) is 0.400. The van der Waals surface area contributed by atoms with Crippen LogP contribution in [0.4, 0.5) is 5.69 Å². The zero-order chi connectivity index (χ0) is 16.4. The van der Waals surface area contributed by atoms with Crippen molar-refractivity contribution in [3.8, 4) is 17.6 Å². The Kier molecular flexibility index (Phi) is 7.43. The Morgan fingerprint density at radius 2 is 2.09 bits per heavy atom. The summed E-state index contributed by atoms with van der Waals surface area (Å²) >= 11 is 0. The van der Waals surface area contributed by atoms with Crippen LogP contribution in [0, 0.1) is 11.8 Å². The lowest BCUT2D eigenvalue weighted by atomic mass is 10.3. The van der Waals surface area contributed by atoms with E-state index in [2.05, 4.69) is 21.9 Å². The smallest absolute Gasteiger partial charge is 0.221 e. The number of sulfonamides is 1. The molecule has 0 saturated carbocycles. The first kappa shape index (κ1) is 18.0. The predicted octanol–water partition coefficient (Wildman–Crippen LogP) is 1.36. The Hall–Kier alpha value is -2.04. The summed E-state index contributed by atoms with van der Waals surface area (Å²) in [4.78, 5) is 11.0. The second kappa shape index (κ2) is 9.07. The van der Waals surface area contributed by atoms with Crippen molar-refractivity contribution in [2.75, 3.05) is 24.2 Å². The molecule has 0 spiro atoms. The summed E-state index contributed by atoms with van der Waals surface area (Å²) in [5.74, 6) is 5.92. The van der Waals surface area contributed by atoms with Gasteiger partial charge in [0.1, 0.15) is 12.4 Å². The molecule has 1 amide bonds. The van der Waals surface area contributed by atoms with Crippen molar-refractivity contribution in [2.45, 2.75) is 20.3 Å². The van der Waals surface area contributed by atoms with Crippen LogP contribution in [0.2, 0.25) is 0 Å². The average molecular weight is 324 g/mol. The van der Waals surface area contributed by atoms with Gasteiger partial charge >= 0.3 is 0 Å². The summed E-state index contributed by atoms with van der Waals surface area (Å²) in [5, 5.41) is 2.65. The number of hydrogen-bond donors (Lipinski definition) is 2. The molecule has 0 fully saturated rings. The molecule has 0 bridgehead atoms. The Balaban J connectivity index is 2.39. The molecule has 0 aromatic heterocycles. The van der Waals surface area contributed by atoms with Gasteiger partial charge in [-0.1, -0.05) is 24.8 Å². The second-order valence-corrected chi connectivity index (χ2v) is 6.42. The van der Waals surface area contributed by atoms with Crippen LogP contribution >= 0.6 is 0 Å². The van der Waals surface area contributed by atoms with Crippen molar-refractivity contribution in [2.24, 2.45) is 0 Å². The highest BCUT2D eigenvalue weighted by atomic mass is 32.2. The Morgan fingerprint density at radius 1 is 1.32 bits per heavy atom. The van der Waals surface area contributed by atoms with Gasteiger partial charge in [-0.3, -0.25) is 4.79 Å². The summed E-state index contributed by atoms with van der Waals surface area (Å²) in [6.07, 6.45) is 0.566. The van der Waals surface area contributed by atoms with E-state index in [0.717, 1.165) is 0 Å². The molecule has 6 nitrogen and oxygen atoms in total. The summed E-state index contributed by atoms with van der Waals surface area (Å²) < 4.78 is 30.5. The lowest BCUT2D eigenvalue weighted by Gasteiger charge is -2.05. The van der Waals surface area contributed by atoms with Crippen molar-refractivity contribution in [1.82, 2.24) is 4.72 Å². The van der Waals surface area contributed by atoms with E-state index in [4.69, 9.17) is 4.74 Å². The number of benzene rings is 1. The first-order chi connectivity index (χ1) is 10.4. The summed E-state index contributed by atoms with van der Waals surface area (Å²) in [7, 11) is -3.22. The van der Waals surface area contributed by atoms with Crippen LogP contribution in [-0.2, 0) is 14.8 Å². The first-order valence-electron chi connectivity index (χ1n) is 6.86.